The Hall–Kier alpha value is -2.41. The van der Waals surface area contributed by atoms with E-state index in [4.69, 9.17) is 0 Å². The van der Waals surface area contributed by atoms with Gasteiger partial charge in [0.2, 0.25) is 0 Å². The number of carbonyl (C=O) groups excluding carboxylic acids is 1. The fourth-order valence-corrected chi connectivity index (χ4v) is 3.86. The molecule has 4 rings (SSSR count). The molecule has 1 unspecified atom stereocenters. The van der Waals surface area contributed by atoms with Gasteiger partial charge in [0.25, 0.3) is 11.5 Å². The maximum Gasteiger partial charge on any atom is 0.261 e. The number of imidazole rings is 1. The van der Waals surface area contributed by atoms with E-state index in [9.17, 15) is 9.59 Å². The van der Waals surface area contributed by atoms with E-state index in [1.165, 1.54) is 0 Å². The molecule has 2 aromatic rings. The average molecular weight is 341 g/mol. The molecule has 0 aromatic carbocycles. The van der Waals surface area contributed by atoms with Crippen LogP contribution in [0.4, 0.5) is 0 Å². The van der Waals surface area contributed by atoms with Crippen molar-refractivity contribution in [1.82, 2.24) is 24.8 Å². The summed E-state index contributed by atoms with van der Waals surface area (Å²) < 4.78 is 1.93. The first-order chi connectivity index (χ1) is 12.1. The Morgan fingerprint density at radius 3 is 2.96 bits per heavy atom. The van der Waals surface area contributed by atoms with E-state index in [2.05, 4.69) is 15.3 Å². The molecule has 3 heterocycles. The van der Waals surface area contributed by atoms with Crippen molar-refractivity contribution in [2.24, 2.45) is 7.05 Å². The van der Waals surface area contributed by atoms with Crippen molar-refractivity contribution in [2.75, 3.05) is 19.6 Å². The molecule has 0 bridgehead atoms. The van der Waals surface area contributed by atoms with Crippen molar-refractivity contribution in [3.8, 4) is 0 Å². The van der Waals surface area contributed by atoms with Crippen molar-refractivity contribution in [3.05, 3.63) is 51.5 Å². The minimum atomic E-state index is -0.275. The number of fused-ring (bicyclic) bond motifs is 1. The molecule has 2 N–H and O–H groups in total. The minimum absolute atomic E-state index is 0.170. The minimum Gasteiger partial charge on any atom is -0.336 e. The Balaban J connectivity index is 1.69. The molecule has 1 aliphatic heterocycles. The van der Waals surface area contributed by atoms with E-state index in [1.807, 2.05) is 23.9 Å². The predicted octanol–water partition coefficient (Wildman–Crippen LogP) is 0.774. The number of aryl methyl sites for hydroxylation is 3. The maximum absolute atomic E-state index is 13.2. The fraction of sp³-hybridized carbons (Fsp3) is 0.500. The highest BCUT2D eigenvalue weighted by Crippen LogP contribution is 2.24. The van der Waals surface area contributed by atoms with Crippen LogP contribution in [0.3, 0.4) is 0 Å². The van der Waals surface area contributed by atoms with E-state index >= 15 is 0 Å². The molecule has 1 amide bonds. The third-order valence-corrected chi connectivity index (χ3v) is 5.23. The highest BCUT2D eigenvalue weighted by atomic mass is 16.2. The zero-order valence-corrected chi connectivity index (χ0v) is 14.4. The van der Waals surface area contributed by atoms with Crippen LogP contribution in [-0.4, -0.2) is 45.0 Å². The van der Waals surface area contributed by atoms with Crippen LogP contribution in [0.25, 0.3) is 0 Å². The number of nitrogens with zero attached hydrogens (tertiary/aromatic N) is 3. The fourth-order valence-electron chi connectivity index (χ4n) is 3.86. The van der Waals surface area contributed by atoms with Crippen molar-refractivity contribution < 1.29 is 4.79 Å². The first kappa shape index (κ1) is 16.1. The van der Waals surface area contributed by atoms with Gasteiger partial charge >= 0.3 is 0 Å². The van der Waals surface area contributed by atoms with Gasteiger partial charge in [-0.15, -0.1) is 0 Å². The molecule has 0 saturated carbocycles. The first-order valence-electron chi connectivity index (χ1n) is 8.89. The zero-order valence-electron chi connectivity index (χ0n) is 14.4. The van der Waals surface area contributed by atoms with Gasteiger partial charge in [0, 0.05) is 44.8 Å². The van der Waals surface area contributed by atoms with Gasteiger partial charge in [-0.1, -0.05) is 0 Å². The van der Waals surface area contributed by atoms with Crippen LogP contribution in [0.5, 0.6) is 0 Å². The molecule has 1 fully saturated rings. The summed E-state index contributed by atoms with van der Waals surface area (Å²) >= 11 is 0. The summed E-state index contributed by atoms with van der Waals surface area (Å²) in [6, 6.07) is 1.64. The largest absolute Gasteiger partial charge is 0.336 e. The Morgan fingerprint density at radius 1 is 1.32 bits per heavy atom. The van der Waals surface area contributed by atoms with Crippen molar-refractivity contribution in [2.45, 2.75) is 31.7 Å². The second-order valence-electron chi connectivity index (χ2n) is 6.84. The molecular weight excluding hydrogens is 318 g/mol. The van der Waals surface area contributed by atoms with Gasteiger partial charge < -0.3 is 19.8 Å². The monoisotopic (exact) mass is 341 g/mol. The SMILES string of the molecule is Cn1ccnc1C1CNCCN1C(=O)c1cc2c([nH]c1=O)CCCC2. The molecule has 1 aliphatic carbocycles. The second kappa shape index (κ2) is 6.48. The van der Waals surface area contributed by atoms with Crippen LogP contribution in [0.15, 0.2) is 23.3 Å². The van der Waals surface area contributed by atoms with Crippen LogP contribution in [-0.2, 0) is 19.9 Å². The molecule has 1 atom stereocenters. The average Bonchev–Trinajstić information content (AvgIpc) is 3.06. The number of H-pyrrole nitrogens is 1. The molecule has 25 heavy (non-hydrogen) atoms. The third-order valence-electron chi connectivity index (χ3n) is 5.23. The number of carbonyl (C=O) groups is 1. The Morgan fingerprint density at radius 2 is 2.16 bits per heavy atom. The number of piperazine rings is 1. The van der Waals surface area contributed by atoms with Gasteiger partial charge in [-0.05, 0) is 37.3 Å². The lowest BCUT2D eigenvalue weighted by molar-refractivity contribution is 0.0619. The summed E-state index contributed by atoms with van der Waals surface area (Å²) in [6.45, 7) is 1.92. The van der Waals surface area contributed by atoms with Crippen LogP contribution >= 0.6 is 0 Å². The summed E-state index contributed by atoms with van der Waals surface area (Å²) in [4.78, 5) is 34.8. The number of aromatic amines is 1. The Bertz CT molecular complexity index is 853. The number of nitrogens with one attached hydrogen (secondary N) is 2. The van der Waals surface area contributed by atoms with Gasteiger partial charge in [0.1, 0.15) is 17.4 Å². The summed E-state index contributed by atoms with van der Waals surface area (Å²) in [5, 5.41) is 3.32. The Kier molecular flexibility index (Phi) is 4.17. The maximum atomic E-state index is 13.2. The normalized spacial score (nSPS) is 20.4. The van der Waals surface area contributed by atoms with E-state index in [-0.39, 0.29) is 23.1 Å². The highest BCUT2D eigenvalue weighted by Gasteiger charge is 2.32. The van der Waals surface area contributed by atoms with E-state index in [0.29, 0.717) is 13.1 Å². The summed E-state index contributed by atoms with van der Waals surface area (Å²) in [5.74, 6) is 0.624. The van der Waals surface area contributed by atoms with Gasteiger partial charge in [-0.25, -0.2) is 4.98 Å². The van der Waals surface area contributed by atoms with Crippen LogP contribution < -0.4 is 10.9 Å². The van der Waals surface area contributed by atoms with E-state index in [0.717, 1.165) is 49.3 Å². The molecule has 2 aromatic heterocycles. The smallest absolute Gasteiger partial charge is 0.261 e. The second-order valence-corrected chi connectivity index (χ2v) is 6.84. The standard InChI is InChI=1S/C18H23N5O2/c1-22-8-7-20-16(22)15-11-19-6-9-23(15)18(25)13-10-12-4-2-3-5-14(12)21-17(13)24/h7-8,10,15,19H,2-6,9,11H2,1H3,(H,21,24). The quantitative estimate of drug-likeness (QED) is 0.845. The first-order valence-corrected chi connectivity index (χ1v) is 8.89. The highest BCUT2D eigenvalue weighted by molar-refractivity contribution is 5.94. The molecule has 2 aliphatic rings. The zero-order chi connectivity index (χ0) is 17.4. The number of hydrogen-bond donors (Lipinski definition) is 2. The predicted molar refractivity (Wildman–Crippen MR) is 93.6 cm³/mol. The summed E-state index contributed by atoms with van der Waals surface area (Å²) in [7, 11) is 1.92. The topological polar surface area (TPSA) is 83.0 Å². The van der Waals surface area contributed by atoms with Gasteiger partial charge in [0.05, 0.1) is 0 Å². The van der Waals surface area contributed by atoms with Crippen LogP contribution in [0.1, 0.15) is 46.3 Å². The molecule has 7 nitrogen and oxygen atoms in total. The Labute approximate surface area is 146 Å². The van der Waals surface area contributed by atoms with Gasteiger partial charge in [-0.3, -0.25) is 9.59 Å². The molecule has 7 heteroatoms. The number of pyridine rings is 1. The van der Waals surface area contributed by atoms with Gasteiger partial charge in [0.15, 0.2) is 0 Å². The summed E-state index contributed by atoms with van der Waals surface area (Å²) in [6.07, 6.45) is 7.63. The number of aromatic nitrogens is 3. The lowest BCUT2D eigenvalue weighted by atomic mass is 9.94. The number of amides is 1. The van der Waals surface area contributed by atoms with Gasteiger partial charge in [-0.2, -0.15) is 0 Å². The molecular formula is C18H23N5O2. The lowest BCUT2D eigenvalue weighted by Crippen LogP contribution is -2.50. The van der Waals surface area contributed by atoms with Crippen molar-refractivity contribution in [1.29, 1.82) is 0 Å². The molecule has 1 saturated heterocycles. The summed E-state index contributed by atoms with van der Waals surface area (Å²) in [5.41, 5.74) is 2.08. The molecule has 132 valence electrons. The molecule has 0 spiro atoms. The lowest BCUT2D eigenvalue weighted by Gasteiger charge is -2.35. The van der Waals surface area contributed by atoms with Crippen molar-refractivity contribution >= 4 is 5.91 Å². The molecule has 0 radical (unpaired) electrons. The van der Waals surface area contributed by atoms with E-state index in [1.54, 1.807) is 11.1 Å². The van der Waals surface area contributed by atoms with Crippen LogP contribution in [0.2, 0.25) is 0 Å². The number of rotatable bonds is 2. The van der Waals surface area contributed by atoms with Crippen LogP contribution in [0, 0.1) is 0 Å². The van der Waals surface area contributed by atoms with Crippen molar-refractivity contribution in [3.63, 3.8) is 0 Å². The third kappa shape index (κ3) is 2.89. The van der Waals surface area contributed by atoms with E-state index < -0.39 is 0 Å². The number of hydrogen-bond acceptors (Lipinski definition) is 4.